The number of aromatic nitrogens is 3. The Hall–Kier alpha value is -2.38. The summed E-state index contributed by atoms with van der Waals surface area (Å²) in [5, 5.41) is 0. The number of fused-ring (bicyclic) bond motifs is 1. The predicted octanol–water partition coefficient (Wildman–Crippen LogP) is 2.08. The zero-order chi connectivity index (χ0) is 18.8. The van der Waals surface area contributed by atoms with E-state index in [1.807, 2.05) is 36.9 Å². The highest BCUT2D eigenvalue weighted by Crippen LogP contribution is 2.32. The summed E-state index contributed by atoms with van der Waals surface area (Å²) in [6, 6.07) is 5.78. The molecule has 4 heterocycles. The van der Waals surface area contributed by atoms with Crippen LogP contribution in [0.4, 0.5) is 0 Å². The zero-order valence-corrected chi connectivity index (χ0v) is 15.7. The molecule has 2 fully saturated rings. The molecule has 0 spiro atoms. The number of aryl methyl sites for hydroxylation is 1. The van der Waals surface area contributed by atoms with Crippen molar-refractivity contribution in [3.05, 3.63) is 53.4 Å². The third-order valence-electron chi connectivity index (χ3n) is 5.45. The molecule has 7 heteroatoms. The van der Waals surface area contributed by atoms with Gasteiger partial charge in [0.2, 0.25) is 0 Å². The average molecular weight is 368 g/mol. The highest BCUT2D eigenvalue weighted by Gasteiger charge is 2.47. The number of nitrogens with zero attached hydrogens (tertiary/aromatic N) is 4. The van der Waals surface area contributed by atoms with Crippen molar-refractivity contribution in [2.24, 2.45) is 0 Å². The SMILES string of the molecule is Cc1ncnc(C(=O)N2C[C@H](OCc3ccccn3)[C@H]3OCCC[C@H]32)c1C. The van der Waals surface area contributed by atoms with Crippen molar-refractivity contribution >= 4 is 5.91 Å². The van der Waals surface area contributed by atoms with Gasteiger partial charge in [0.15, 0.2) is 0 Å². The summed E-state index contributed by atoms with van der Waals surface area (Å²) in [4.78, 5) is 27.8. The van der Waals surface area contributed by atoms with Crippen LogP contribution < -0.4 is 0 Å². The Labute approximate surface area is 158 Å². The van der Waals surface area contributed by atoms with Crippen molar-refractivity contribution in [2.75, 3.05) is 13.2 Å². The van der Waals surface area contributed by atoms with Gasteiger partial charge in [0, 0.05) is 24.1 Å². The van der Waals surface area contributed by atoms with E-state index in [0.29, 0.717) is 25.5 Å². The van der Waals surface area contributed by atoms with E-state index in [9.17, 15) is 4.79 Å². The second kappa shape index (κ2) is 7.70. The fraction of sp³-hybridized carbons (Fsp3) is 0.500. The fourth-order valence-electron chi connectivity index (χ4n) is 3.86. The lowest BCUT2D eigenvalue weighted by atomic mass is 10.0. The number of pyridine rings is 1. The van der Waals surface area contributed by atoms with Crippen molar-refractivity contribution in [1.82, 2.24) is 19.9 Å². The van der Waals surface area contributed by atoms with Crippen molar-refractivity contribution in [1.29, 1.82) is 0 Å². The first kappa shape index (κ1) is 18.0. The lowest BCUT2D eigenvalue weighted by molar-refractivity contribution is -0.0814. The third-order valence-corrected chi connectivity index (χ3v) is 5.45. The number of ether oxygens (including phenoxy) is 2. The van der Waals surface area contributed by atoms with E-state index in [0.717, 1.165) is 29.8 Å². The van der Waals surface area contributed by atoms with Gasteiger partial charge in [0.25, 0.3) is 5.91 Å². The highest BCUT2D eigenvalue weighted by molar-refractivity contribution is 5.94. The number of carbonyl (C=O) groups excluding carboxylic acids is 1. The molecule has 0 radical (unpaired) electrons. The van der Waals surface area contributed by atoms with Gasteiger partial charge in [-0.25, -0.2) is 9.97 Å². The Bertz CT molecular complexity index is 814. The molecule has 0 saturated carbocycles. The van der Waals surface area contributed by atoms with Crippen molar-refractivity contribution < 1.29 is 14.3 Å². The van der Waals surface area contributed by atoms with Gasteiger partial charge >= 0.3 is 0 Å². The quantitative estimate of drug-likeness (QED) is 0.822. The van der Waals surface area contributed by atoms with Gasteiger partial charge < -0.3 is 14.4 Å². The van der Waals surface area contributed by atoms with Gasteiger partial charge in [-0.2, -0.15) is 0 Å². The van der Waals surface area contributed by atoms with Gasteiger partial charge in [0.1, 0.15) is 24.2 Å². The van der Waals surface area contributed by atoms with Crippen LogP contribution in [0.2, 0.25) is 0 Å². The summed E-state index contributed by atoms with van der Waals surface area (Å²) in [5.74, 6) is -0.0672. The van der Waals surface area contributed by atoms with Crippen LogP contribution >= 0.6 is 0 Å². The molecule has 0 N–H and O–H groups in total. The number of carbonyl (C=O) groups is 1. The number of hydrogen-bond acceptors (Lipinski definition) is 6. The van der Waals surface area contributed by atoms with Crippen LogP contribution in [0.25, 0.3) is 0 Å². The zero-order valence-electron chi connectivity index (χ0n) is 15.7. The molecule has 2 aromatic rings. The summed E-state index contributed by atoms with van der Waals surface area (Å²) >= 11 is 0. The monoisotopic (exact) mass is 368 g/mol. The molecule has 2 aliphatic rings. The molecule has 4 rings (SSSR count). The molecule has 0 aromatic carbocycles. The Morgan fingerprint density at radius 1 is 1.30 bits per heavy atom. The molecule has 2 saturated heterocycles. The first-order valence-corrected chi connectivity index (χ1v) is 9.37. The van der Waals surface area contributed by atoms with Gasteiger partial charge in [-0.15, -0.1) is 0 Å². The maximum atomic E-state index is 13.2. The number of likely N-dealkylation sites (tertiary alicyclic amines) is 1. The van der Waals surface area contributed by atoms with Gasteiger partial charge in [0.05, 0.1) is 24.9 Å². The average Bonchev–Trinajstić information content (AvgIpc) is 3.08. The van der Waals surface area contributed by atoms with E-state index in [2.05, 4.69) is 15.0 Å². The number of amides is 1. The van der Waals surface area contributed by atoms with Crippen molar-refractivity contribution in [3.8, 4) is 0 Å². The topological polar surface area (TPSA) is 77.4 Å². The molecule has 1 amide bonds. The van der Waals surface area contributed by atoms with Crippen LogP contribution in [0.3, 0.4) is 0 Å². The van der Waals surface area contributed by atoms with Crippen molar-refractivity contribution in [2.45, 2.75) is 51.5 Å². The van der Waals surface area contributed by atoms with E-state index < -0.39 is 0 Å². The van der Waals surface area contributed by atoms with Crippen LogP contribution in [0.15, 0.2) is 30.7 Å². The minimum atomic E-state index is -0.163. The first-order chi connectivity index (χ1) is 13.1. The Balaban J connectivity index is 1.53. The van der Waals surface area contributed by atoms with Crippen LogP contribution in [0.1, 0.15) is 40.3 Å². The van der Waals surface area contributed by atoms with E-state index in [4.69, 9.17) is 9.47 Å². The largest absolute Gasteiger partial charge is 0.373 e. The second-order valence-corrected chi connectivity index (χ2v) is 7.11. The lowest BCUT2D eigenvalue weighted by Crippen LogP contribution is -2.44. The molecule has 27 heavy (non-hydrogen) atoms. The maximum Gasteiger partial charge on any atom is 0.273 e. The molecule has 0 bridgehead atoms. The molecule has 3 atom stereocenters. The first-order valence-electron chi connectivity index (χ1n) is 9.37. The third kappa shape index (κ3) is 3.57. The summed E-state index contributed by atoms with van der Waals surface area (Å²) in [5.41, 5.74) is 3.00. The van der Waals surface area contributed by atoms with Gasteiger partial charge in [-0.3, -0.25) is 9.78 Å². The van der Waals surface area contributed by atoms with Crippen LogP contribution in [-0.4, -0.2) is 57.2 Å². The van der Waals surface area contributed by atoms with Gasteiger partial charge in [-0.1, -0.05) is 6.07 Å². The summed E-state index contributed by atoms with van der Waals surface area (Å²) < 4.78 is 12.1. The number of rotatable bonds is 4. The summed E-state index contributed by atoms with van der Waals surface area (Å²) in [7, 11) is 0. The van der Waals surface area contributed by atoms with Gasteiger partial charge in [-0.05, 0) is 38.8 Å². The van der Waals surface area contributed by atoms with E-state index in [-0.39, 0.29) is 24.2 Å². The van der Waals surface area contributed by atoms with Crippen LogP contribution in [0.5, 0.6) is 0 Å². The fourth-order valence-corrected chi connectivity index (χ4v) is 3.86. The number of hydrogen-bond donors (Lipinski definition) is 0. The molecular formula is C20H24N4O3. The molecular weight excluding hydrogens is 344 g/mol. The van der Waals surface area contributed by atoms with Crippen molar-refractivity contribution in [3.63, 3.8) is 0 Å². The normalized spacial score (nSPS) is 24.7. The molecule has 0 aliphatic carbocycles. The van der Waals surface area contributed by atoms with E-state index in [1.54, 1.807) is 6.20 Å². The Kier molecular flexibility index (Phi) is 5.13. The molecule has 2 aliphatic heterocycles. The Morgan fingerprint density at radius 2 is 2.19 bits per heavy atom. The minimum Gasteiger partial charge on any atom is -0.373 e. The Morgan fingerprint density at radius 3 is 3.00 bits per heavy atom. The van der Waals surface area contributed by atoms with Crippen LogP contribution in [0, 0.1) is 13.8 Å². The molecule has 2 aromatic heterocycles. The second-order valence-electron chi connectivity index (χ2n) is 7.11. The van der Waals surface area contributed by atoms with E-state index >= 15 is 0 Å². The standard InChI is InChI=1S/C20H24N4O3/c1-13-14(2)22-12-23-18(13)20(25)24-10-17(19-16(24)7-5-9-26-19)27-11-15-6-3-4-8-21-15/h3-4,6,8,12,16-17,19H,5,7,9-11H2,1-2H3/t16-,17+,19+/m1/s1. The minimum absolute atomic E-state index is 0.0228. The molecule has 142 valence electrons. The molecule has 7 nitrogen and oxygen atoms in total. The summed E-state index contributed by atoms with van der Waals surface area (Å²) in [6.45, 7) is 5.40. The van der Waals surface area contributed by atoms with Crippen LogP contribution in [-0.2, 0) is 16.1 Å². The summed E-state index contributed by atoms with van der Waals surface area (Å²) in [6.07, 6.45) is 4.81. The highest BCUT2D eigenvalue weighted by atomic mass is 16.5. The smallest absolute Gasteiger partial charge is 0.273 e. The predicted molar refractivity (Wildman–Crippen MR) is 98.1 cm³/mol. The molecule has 0 unspecified atom stereocenters. The lowest BCUT2D eigenvalue weighted by Gasteiger charge is -2.32. The maximum absolute atomic E-state index is 13.2. The van der Waals surface area contributed by atoms with E-state index in [1.165, 1.54) is 6.33 Å².